The maximum atomic E-state index is 13.4. The monoisotopic (exact) mass is 461 g/mol. The lowest BCUT2D eigenvalue weighted by atomic mass is 10.1. The van der Waals surface area contributed by atoms with Crippen molar-refractivity contribution in [3.8, 4) is 0 Å². The number of rotatable bonds is 6. The minimum Gasteiger partial charge on any atom is -0.361 e. The summed E-state index contributed by atoms with van der Waals surface area (Å²) in [5, 5.41) is 7.19. The predicted octanol–water partition coefficient (Wildman–Crippen LogP) is 2.11. The fourth-order valence-corrected chi connectivity index (χ4v) is 2.30. The molecule has 0 saturated heterocycles. The highest BCUT2D eigenvalue weighted by Crippen LogP contribution is 2.19. The van der Waals surface area contributed by atoms with Gasteiger partial charge >= 0.3 is 0 Å². The highest BCUT2D eigenvalue weighted by atomic mass is 127. The Balaban J connectivity index is 0.00000312. The number of carbonyl (C=O) groups is 1. The first-order valence-electron chi connectivity index (χ1n) is 7.99. The number of aromatic amines is 1. The van der Waals surface area contributed by atoms with Crippen LogP contribution in [0.1, 0.15) is 12.5 Å². The number of likely N-dealkylation sites (N-methyl/N-ethyl adjacent to an activating group) is 1. The summed E-state index contributed by atoms with van der Waals surface area (Å²) in [6.07, 6.45) is 2.61. The van der Waals surface area contributed by atoms with Crippen LogP contribution in [0.25, 0.3) is 10.9 Å². The number of carbonyl (C=O) groups excluding carboxylic acids is 1. The molecule has 1 heterocycles. The van der Waals surface area contributed by atoms with Crippen LogP contribution in [0.4, 0.5) is 4.39 Å². The molecule has 1 amide bonds. The molecule has 6 nitrogen and oxygen atoms in total. The fourth-order valence-electron chi connectivity index (χ4n) is 2.30. The average molecular weight is 461 g/mol. The van der Waals surface area contributed by atoms with E-state index in [0.717, 1.165) is 22.9 Å². The van der Waals surface area contributed by atoms with Gasteiger partial charge in [-0.3, -0.25) is 4.79 Å². The second-order valence-corrected chi connectivity index (χ2v) is 5.66. The molecule has 1 aromatic heterocycles. The summed E-state index contributed by atoms with van der Waals surface area (Å²) in [7, 11) is 3.41. The molecule has 0 radical (unpaired) electrons. The topological polar surface area (TPSA) is 72.5 Å². The number of hydrogen-bond acceptors (Lipinski definition) is 2. The second kappa shape index (κ2) is 10.2. The number of H-pyrrole nitrogens is 1. The molecule has 0 unspecified atom stereocenters. The molecule has 2 aromatic rings. The van der Waals surface area contributed by atoms with Crippen LogP contribution >= 0.6 is 24.0 Å². The number of aromatic nitrogens is 1. The number of benzene rings is 1. The Hall–Kier alpha value is -1.84. The van der Waals surface area contributed by atoms with E-state index in [-0.39, 0.29) is 42.2 Å². The van der Waals surface area contributed by atoms with Crippen LogP contribution in [-0.4, -0.2) is 55.5 Å². The molecule has 8 heteroatoms. The van der Waals surface area contributed by atoms with E-state index < -0.39 is 0 Å². The van der Waals surface area contributed by atoms with Gasteiger partial charge in [-0.2, -0.15) is 0 Å². The zero-order valence-electron chi connectivity index (χ0n) is 14.7. The van der Waals surface area contributed by atoms with Crippen LogP contribution in [0.2, 0.25) is 0 Å². The molecule has 2 rings (SSSR count). The highest BCUT2D eigenvalue weighted by Gasteiger charge is 2.06. The minimum atomic E-state index is -0.242. The van der Waals surface area contributed by atoms with Crippen molar-refractivity contribution in [3.05, 3.63) is 35.8 Å². The maximum Gasteiger partial charge on any atom is 0.243 e. The summed E-state index contributed by atoms with van der Waals surface area (Å²) in [6.45, 7) is 3.40. The van der Waals surface area contributed by atoms with Gasteiger partial charge in [0.2, 0.25) is 5.91 Å². The van der Waals surface area contributed by atoms with E-state index in [2.05, 4.69) is 20.6 Å². The summed E-state index contributed by atoms with van der Waals surface area (Å²) >= 11 is 0. The lowest BCUT2D eigenvalue weighted by molar-refractivity contribution is -0.127. The van der Waals surface area contributed by atoms with Gasteiger partial charge in [-0.15, -0.1) is 24.0 Å². The molecule has 0 aliphatic carbocycles. The summed E-state index contributed by atoms with van der Waals surface area (Å²) < 4.78 is 13.4. The lowest BCUT2D eigenvalue weighted by Crippen LogP contribution is -2.39. The molecule has 0 bridgehead atoms. The quantitative estimate of drug-likeness (QED) is 0.351. The normalized spacial score (nSPS) is 11.1. The van der Waals surface area contributed by atoms with Crippen molar-refractivity contribution in [2.45, 2.75) is 13.3 Å². The Morgan fingerprint density at radius 3 is 2.76 bits per heavy atom. The molecule has 1 aromatic carbocycles. The summed E-state index contributed by atoms with van der Waals surface area (Å²) in [4.78, 5) is 20.5. The Kier molecular flexibility index (Phi) is 8.67. The molecular weight excluding hydrogens is 436 g/mol. The van der Waals surface area contributed by atoms with E-state index in [1.54, 1.807) is 20.2 Å². The van der Waals surface area contributed by atoms with Crippen LogP contribution in [0, 0.1) is 5.82 Å². The number of halogens is 2. The van der Waals surface area contributed by atoms with E-state index in [9.17, 15) is 9.18 Å². The lowest BCUT2D eigenvalue weighted by Gasteiger charge is -2.12. The van der Waals surface area contributed by atoms with Gasteiger partial charge in [0.15, 0.2) is 5.96 Å². The molecular formula is C17H25FIN5O. The highest BCUT2D eigenvalue weighted by molar-refractivity contribution is 14.0. The minimum absolute atomic E-state index is 0. The van der Waals surface area contributed by atoms with Gasteiger partial charge in [0.1, 0.15) is 12.4 Å². The van der Waals surface area contributed by atoms with Crippen molar-refractivity contribution in [1.29, 1.82) is 0 Å². The van der Waals surface area contributed by atoms with Crippen molar-refractivity contribution < 1.29 is 9.18 Å². The van der Waals surface area contributed by atoms with E-state index in [1.807, 2.05) is 13.1 Å². The van der Waals surface area contributed by atoms with Crippen molar-refractivity contribution in [3.63, 3.8) is 0 Å². The first kappa shape index (κ1) is 21.2. The molecule has 0 aliphatic rings. The molecule has 138 valence electrons. The van der Waals surface area contributed by atoms with Crippen LogP contribution in [0.5, 0.6) is 0 Å². The number of nitrogens with zero attached hydrogens (tertiary/aromatic N) is 2. The zero-order chi connectivity index (χ0) is 17.5. The van der Waals surface area contributed by atoms with Crippen molar-refractivity contribution >= 4 is 46.7 Å². The Bertz CT molecular complexity index is 729. The number of nitrogens with one attached hydrogen (secondary N) is 3. The zero-order valence-corrected chi connectivity index (χ0v) is 17.1. The molecule has 0 fully saturated rings. The first-order chi connectivity index (χ1) is 11.5. The van der Waals surface area contributed by atoms with E-state index >= 15 is 0 Å². The number of amides is 1. The standard InChI is InChI=1S/C17H24FN5O.HI/c1-4-19-17(22-11-16(24)23(2)3)20-8-7-12-10-21-15-6-5-13(18)9-14(12)15;/h5-6,9-10,21H,4,7-8,11H2,1-3H3,(H2,19,20,22);1H. The van der Waals surface area contributed by atoms with Crippen molar-refractivity contribution in [2.24, 2.45) is 4.99 Å². The van der Waals surface area contributed by atoms with E-state index in [1.165, 1.54) is 17.0 Å². The van der Waals surface area contributed by atoms with Crippen molar-refractivity contribution in [2.75, 3.05) is 33.7 Å². The van der Waals surface area contributed by atoms with Crippen LogP contribution in [0.15, 0.2) is 29.4 Å². The maximum absolute atomic E-state index is 13.4. The van der Waals surface area contributed by atoms with E-state index in [0.29, 0.717) is 19.0 Å². The Morgan fingerprint density at radius 1 is 1.32 bits per heavy atom. The van der Waals surface area contributed by atoms with Gasteiger partial charge in [-0.05, 0) is 37.1 Å². The van der Waals surface area contributed by atoms with Gasteiger partial charge in [-0.25, -0.2) is 9.38 Å². The first-order valence-corrected chi connectivity index (χ1v) is 7.99. The molecule has 25 heavy (non-hydrogen) atoms. The Labute approximate surface area is 164 Å². The van der Waals surface area contributed by atoms with Gasteiger partial charge in [-0.1, -0.05) is 0 Å². The number of guanidine groups is 1. The van der Waals surface area contributed by atoms with Crippen LogP contribution in [0.3, 0.4) is 0 Å². The van der Waals surface area contributed by atoms with Gasteiger partial charge in [0.25, 0.3) is 0 Å². The molecule has 0 saturated carbocycles. The average Bonchev–Trinajstić information content (AvgIpc) is 2.94. The third-order valence-corrected chi connectivity index (χ3v) is 3.63. The van der Waals surface area contributed by atoms with E-state index in [4.69, 9.17) is 0 Å². The Morgan fingerprint density at radius 2 is 2.08 bits per heavy atom. The van der Waals surface area contributed by atoms with Crippen LogP contribution in [-0.2, 0) is 11.2 Å². The molecule has 0 atom stereocenters. The second-order valence-electron chi connectivity index (χ2n) is 5.66. The van der Waals surface area contributed by atoms with Crippen molar-refractivity contribution in [1.82, 2.24) is 20.5 Å². The van der Waals surface area contributed by atoms with Gasteiger partial charge < -0.3 is 20.5 Å². The van der Waals surface area contributed by atoms with Gasteiger partial charge in [0, 0.05) is 44.3 Å². The summed E-state index contributed by atoms with van der Waals surface area (Å²) in [5.74, 6) is 0.298. The third-order valence-electron chi connectivity index (χ3n) is 3.63. The smallest absolute Gasteiger partial charge is 0.243 e. The SMILES string of the molecule is CCNC(=NCC(=O)N(C)C)NCCc1c[nH]c2ccc(F)cc12.I. The molecule has 0 aliphatic heterocycles. The van der Waals surface area contributed by atoms with Crippen LogP contribution < -0.4 is 10.6 Å². The number of aliphatic imine (C=N–C) groups is 1. The number of fused-ring (bicyclic) bond motifs is 1. The summed E-state index contributed by atoms with van der Waals surface area (Å²) in [6, 6.07) is 4.72. The third kappa shape index (κ3) is 6.18. The molecule has 0 spiro atoms. The largest absolute Gasteiger partial charge is 0.361 e. The van der Waals surface area contributed by atoms with Gasteiger partial charge in [0.05, 0.1) is 0 Å². The fraction of sp³-hybridized carbons (Fsp3) is 0.412. The predicted molar refractivity (Wildman–Crippen MR) is 110 cm³/mol. The number of hydrogen-bond donors (Lipinski definition) is 3. The molecule has 3 N–H and O–H groups in total. The summed E-state index contributed by atoms with van der Waals surface area (Å²) in [5.41, 5.74) is 1.96.